The molecule has 1 saturated heterocycles. The van der Waals surface area contributed by atoms with Crippen molar-refractivity contribution in [1.82, 2.24) is 4.90 Å². The summed E-state index contributed by atoms with van der Waals surface area (Å²) in [5.74, 6) is 0.158. The van der Waals surface area contributed by atoms with Crippen molar-refractivity contribution >= 4 is 6.09 Å². The van der Waals surface area contributed by atoms with Crippen molar-refractivity contribution in [3.05, 3.63) is 59.7 Å². The van der Waals surface area contributed by atoms with Crippen molar-refractivity contribution < 1.29 is 14.6 Å². The predicted octanol–water partition coefficient (Wildman–Crippen LogP) is 4.42. The van der Waals surface area contributed by atoms with E-state index in [1.54, 1.807) is 0 Å². The second-order valence-electron chi connectivity index (χ2n) is 7.72. The zero-order valence-electron chi connectivity index (χ0n) is 15.8. The first-order valence-electron chi connectivity index (χ1n) is 9.93. The number of carbonyl (C=O) groups excluding carboxylic acids is 1. The molecule has 4 nitrogen and oxygen atoms in total. The van der Waals surface area contributed by atoms with Gasteiger partial charge in [-0.1, -0.05) is 55.5 Å². The van der Waals surface area contributed by atoms with Crippen LogP contribution in [0.3, 0.4) is 0 Å². The van der Waals surface area contributed by atoms with Crippen LogP contribution in [0.15, 0.2) is 48.5 Å². The zero-order valence-corrected chi connectivity index (χ0v) is 15.8. The van der Waals surface area contributed by atoms with Gasteiger partial charge in [0.25, 0.3) is 0 Å². The van der Waals surface area contributed by atoms with E-state index in [-0.39, 0.29) is 30.6 Å². The first kappa shape index (κ1) is 18.1. The van der Waals surface area contributed by atoms with E-state index in [2.05, 4.69) is 36.4 Å². The van der Waals surface area contributed by atoms with Crippen LogP contribution in [0.4, 0.5) is 4.79 Å². The van der Waals surface area contributed by atoms with E-state index in [4.69, 9.17) is 4.74 Å². The maximum absolute atomic E-state index is 12.8. The number of carbonyl (C=O) groups is 1. The largest absolute Gasteiger partial charge is 0.448 e. The van der Waals surface area contributed by atoms with Gasteiger partial charge in [0, 0.05) is 25.1 Å². The number of nitrogens with zero attached hydrogens (tertiary/aromatic N) is 1. The fourth-order valence-corrected chi connectivity index (χ4v) is 4.57. The summed E-state index contributed by atoms with van der Waals surface area (Å²) >= 11 is 0. The van der Waals surface area contributed by atoms with Gasteiger partial charge in [-0.05, 0) is 47.4 Å². The van der Waals surface area contributed by atoms with E-state index in [1.165, 1.54) is 22.3 Å². The number of aliphatic hydroxyl groups excluding tert-OH is 1. The average Bonchev–Trinajstić information content (AvgIpc) is 3.05. The Morgan fingerprint density at radius 2 is 1.74 bits per heavy atom. The summed E-state index contributed by atoms with van der Waals surface area (Å²) in [7, 11) is 0. The Morgan fingerprint density at radius 3 is 2.37 bits per heavy atom. The minimum Gasteiger partial charge on any atom is -0.448 e. The van der Waals surface area contributed by atoms with Crippen LogP contribution in [-0.4, -0.2) is 41.9 Å². The van der Waals surface area contributed by atoms with Crippen LogP contribution in [0.25, 0.3) is 11.1 Å². The topological polar surface area (TPSA) is 49.8 Å². The molecule has 2 aromatic carbocycles. The molecule has 4 heteroatoms. The van der Waals surface area contributed by atoms with Crippen LogP contribution in [0.5, 0.6) is 0 Å². The first-order valence-corrected chi connectivity index (χ1v) is 9.93. The number of hydrogen-bond donors (Lipinski definition) is 1. The van der Waals surface area contributed by atoms with Crippen LogP contribution < -0.4 is 0 Å². The molecular weight excluding hydrogens is 338 g/mol. The quantitative estimate of drug-likeness (QED) is 0.873. The van der Waals surface area contributed by atoms with E-state index in [0.29, 0.717) is 13.2 Å². The molecule has 142 valence electrons. The van der Waals surface area contributed by atoms with Gasteiger partial charge in [-0.25, -0.2) is 4.79 Å². The highest BCUT2D eigenvalue weighted by atomic mass is 16.6. The molecule has 1 heterocycles. The Bertz CT molecular complexity index is 773. The van der Waals surface area contributed by atoms with Crippen LogP contribution >= 0.6 is 0 Å². The number of fused-ring (bicyclic) bond motifs is 3. The van der Waals surface area contributed by atoms with Gasteiger partial charge in [0.1, 0.15) is 6.61 Å². The van der Waals surface area contributed by atoms with Gasteiger partial charge in [0.15, 0.2) is 0 Å². The summed E-state index contributed by atoms with van der Waals surface area (Å²) in [5.41, 5.74) is 4.92. The fraction of sp³-hybridized carbons (Fsp3) is 0.435. The SMILES string of the molecule is CC(CO)C1CCCCN1C(=O)OCC1c2ccccc2-c2ccccc21. The molecule has 1 N–H and O–H groups in total. The zero-order chi connectivity index (χ0) is 18.8. The van der Waals surface area contributed by atoms with Gasteiger partial charge in [-0.3, -0.25) is 0 Å². The van der Waals surface area contributed by atoms with Crippen LogP contribution in [0.1, 0.15) is 43.2 Å². The number of piperidine rings is 1. The first-order chi connectivity index (χ1) is 13.2. The molecule has 0 aromatic heterocycles. The summed E-state index contributed by atoms with van der Waals surface area (Å²) in [5, 5.41) is 9.53. The lowest BCUT2D eigenvalue weighted by atomic mass is 9.92. The molecule has 1 aliphatic carbocycles. The van der Waals surface area contributed by atoms with Gasteiger partial charge in [0.2, 0.25) is 0 Å². The lowest BCUT2D eigenvalue weighted by molar-refractivity contribution is 0.0455. The van der Waals surface area contributed by atoms with E-state index in [9.17, 15) is 9.90 Å². The molecule has 0 radical (unpaired) electrons. The second kappa shape index (κ2) is 7.73. The minimum absolute atomic E-state index is 0.0689. The monoisotopic (exact) mass is 365 g/mol. The smallest absolute Gasteiger partial charge is 0.410 e. The molecule has 1 amide bonds. The van der Waals surface area contributed by atoms with Crippen LogP contribution in [0, 0.1) is 5.92 Å². The Morgan fingerprint density at radius 1 is 1.11 bits per heavy atom. The van der Waals surface area contributed by atoms with Gasteiger partial charge in [-0.15, -0.1) is 0 Å². The number of benzene rings is 2. The Labute approximate surface area is 160 Å². The number of rotatable bonds is 4. The lowest BCUT2D eigenvalue weighted by Crippen LogP contribution is -2.48. The Hall–Kier alpha value is -2.33. The third-order valence-corrected chi connectivity index (χ3v) is 6.06. The van der Waals surface area contributed by atoms with Crippen molar-refractivity contribution in [2.24, 2.45) is 5.92 Å². The Balaban J connectivity index is 1.51. The van der Waals surface area contributed by atoms with Gasteiger partial charge in [-0.2, -0.15) is 0 Å². The number of aliphatic hydroxyl groups is 1. The minimum atomic E-state index is -0.248. The molecule has 0 spiro atoms. The molecule has 0 saturated carbocycles. The normalized spacial score (nSPS) is 20.1. The summed E-state index contributed by atoms with van der Waals surface area (Å²) in [6, 6.07) is 16.8. The number of ether oxygens (including phenoxy) is 1. The summed E-state index contributed by atoms with van der Waals surface area (Å²) in [4.78, 5) is 14.7. The molecule has 2 aliphatic rings. The van der Waals surface area contributed by atoms with Gasteiger partial charge in [0.05, 0.1) is 0 Å². The number of amides is 1. The molecule has 1 aliphatic heterocycles. The van der Waals surface area contributed by atoms with E-state index < -0.39 is 0 Å². The third kappa shape index (κ3) is 3.34. The second-order valence-corrected chi connectivity index (χ2v) is 7.72. The molecule has 2 aromatic rings. The predicted molar refractivity (Wildman–Crippen MR) is 106 cm³/mol. The lowest BCUT2D eigenvalue weighted by Gasteiger charge is -2.38. The van der Waals surface area contributed by atoms with Crippen molar-refractivity contribution in [2.45, 2.75) is 38.1 Å². The molecule has 0 bridgehead atoms. The Kier molecular flexibility index (Phi) is 5.17. The molecule has 27 heavy (non-hydrogen) atoms. The summed E-state index contributed by atoms with van der Waals surface area (Å²) in [6.07, 6.45) is 2.79. The van der Waals surface area contributed by atoms with Gasteiger partial charge >= 0.3 is 6.09 Å². The van der Waals surface area contributed by atoms with Crippen LogP contribution in [0.2, 0.25) is 0 Å². The van der Waals surface area contributed by atoms with E-state index >= 15 is 0 Å². The van der Waals surface area contributed by atoms with Crippen molar-refractivity contribution in [3.8, 4) is 11.1 Å². The van der Waals surface area contributed by atoms with Crippen molar-refractivity contribution in [1.29, 1.82) is 0 Å². The number of likely N-dealkylation sites (tertiary alicyclic amines) is 1. The van der Waals surface area contributed by atoms with Crippen LogP contribution in [-0.2, 0) is 4.74 Å². The average molecular weight is 365 g/mol. The molecule has 2 atom stereocenters. The fourth-order valence-electron chi connectivity index (χ4n) is 4.57. The van der Waals surface area contributed by atoms with Crippen molar-refractivity contribution in [3.63, 3.8) is 0 Å². The highest BCUT2D eigenvalue weighted by Gasteiger charge is 2.33. The maximum Gasteiger partial charge on any atom is 0.410 e. The molecular formula is C23H27NO3. The van der Waals surface area contributed by atoms with E-state index in [1.807, 2.05) is 24.0 Å². The van der Waals surface area contributed by atoms with E-state index in [0.717, 1.165) is 19.3 Å². The molecule has 4 rings (SSSR count). The number of hydrogen-bond acceptors (Lipinski definition) is 3. The summed E-state index contributed by atoms with van der Waals surface area (Å²) in [6.45, 7) is 3.16. The standard InChI is InChI=1S/C23H27NO3/c1-16(14-25)22-12-6-7-13-24(22)23(26)27-15-21-19-10-4-2-8-17(19)18-9-3-5-11-20(18)21/h2-5,8-11,16,21-22,25H,6-7,12-15H2,1H3. The maximum atomic E-state index is 12.8. The van der Waals surface area contributed by atoms with Crippen molar-refractivity contribution in [2.75, 3.05) is 19.8 Å². The highest BCUT2D eigenvalue weighted by Crippen LogP contribution is 2.44. The molecule has 1 fully saturated rings. The third-order valence-electron chi connectivity index (χ3n) is 6.06. The summed E-state index contributed by atoms with van der Waals surface area (Å²) < 4.78 is 5.81. The highest BCUT2D eigenvalue weighted by molar-refractivity contribution is 5.79. The van der Waals surface area contributed by atoms with Gasteiger partial charge < -0.3 is 14.7 Å². The molecule has 2 unspecified atom stereocenters.